The molecule has 1 saturated heterocycles. The maximum Gasteiger partial charge on any atom is 0.404 e. The maximum atomic E-state index is 11.5. The Labute approximate surface area is 89.3 Å². The number of hydrogen-bond acceptors (Lipinski definition) is 3. The molecule has 0 aromatic rings. The highest BCUT2D eigenvalue weighted by atomic mass is 16.5. The second kappa shape index (κ2) is 4.51. The third-order valence-corrected chi connectivity index (χ3v) is 2.53. The fourth-order valence-electron chi connectivity index (χ4n) is 1.93. The molecule has 5 nitrogen and oxygen atoms in total. The van der Waals surface area contributed by atoms with Crippen LogP contribution >= 0.6 is 0 Å². The Morgan fingerprint density at radius 1 is 1.67 bits per heavy atom. The molecule has 1 aliphatic heterocycles. The highest BCUT2D eigenvalue weighted by molar-refractivity contribution is 5.81. The Morgan fingerprint density at radius 2 is 2.33 bits per heavy atom. The molecule has 2 amide bonds. The molecule has 0 spiro atoms. The number of rotatable bonds is 4. The summed E-state index contributed by atoms with van der Waals surface area (Å²) >= 11 is 0. The first-order valence-corrected chi connectivity index (χ1v) is 5.15. The first-order valence-electron chi connectivity index (χ1n) is 5.15. The van der Waals surface area contributed by atoms with Crippen molar-refractivity contribution in [3.8, 4) is 0 Å². The van der Waals surface area contributed by atoms with Gasteiger partial charge in [0.1, 0.15) is 0 Å². The van der Waals surface area contributed by atoms with Crippen LogP contribution in [0.4, 0.5) is 4.79 Å². The van der Waals surface area contributed by atoms with Crippen LogP contribution in [0.5, 0.6) is 0 Å². The Kier molecular flexibility index (Phi) is 3.55. The molecule has 0 bridgehead atoms. The van der Waals surface area contributed by atoms with Crippen molar-refractivity contribution >= 4 is 12.0 Å². The highest BCUT2D eigenvalue weighted by Gasteiger charge is 2.36. The molecular weight excluding hydrogens is 196 g/mol. The summed E-state index contributed by atoms with van der Waals surface area (Å²) in [6.07, 6.45) is 1.49. The van der Waals surface area contributed by atoms with Crippen molar-refractivity contribution in [1.82, 2.24) is 5.32 Å². The van der Waals surface area contributed by atoms with Gasteiger partial charge in [-0.05, 0) is 33.1 Å². The molecular formula is C10H18N2O3. The summed E-state index contributed by atoms with van der Waals surface area (Å²) in [4.78, 5) is 21.8. The predicted molar refractivity (Wildman–Crippen MR) is 55.1 cm³/mol. The van der Waals surface area contributed by atoms with Crippen LogP contribution in [0.2, 0.25) is 0 Å². The molecule has 3 N–H and O–H groups in total. The minimum absolute atomic E-state index is 0.0384. The predicted octanol–water partition coefficient (Wildman–Crippen LogP) is 0.777. The minimum Gasteiger partial charge on any atom is -0.450 e. The van der Waals surface area contributed by atoms with Crippen molar-refractivity contribution in [3.05, 3.63) is 0 Å². The van der Waals surface area contributed by atoms with Crippen LogP contribution in [0.3, 0.4) is 0 Å². The topological polar surface area (TPSA) is 81.4 Å². The molecule has 1 fully saturated rings. The molecule has 1 heterocycles. The van der Waals surface area contributed by atoms with Crippen molar-refractivity contribution in [2.75, 3.05) is 6.61 Å². The van der Waals surface area contributed by atoms with Crippen LogP contribution in [-0.2, 0) is 9.53 Å². The number of carbonyl (C=O) groups is 2. The van der Waals surface area contributed by atoms with E-state index in [4.69, 9.17) is 5.73 Å². The first-order chi connectivity index (χ1) is 6.91. The van der Waals surface area contributed by atoms with Crippen molar-refractivity contribution in [2.45, 2.75) is 38.6 Å². The second-order valence-corrected chi connectivity index (χ2v) is 4.58. The highest BCUT2D eigenvalue weighted by Crippen LogP contribution is 2.27. The molecule has 1 atom stereocenters. The summed E-state index contributed by atoms with van der Waals surface area (Å²) in [5, 5.41) is 2.92. The summed E-state index contributed by atoms with van der Waals surface area (Å²) in [6, 6.07) is 0. The number of nitrogens with one attached hydrogen (secondary N) is 1. The number of hydrogen-bond donors (Lipinski definition) is 2. The van der Waals surface area contributed by atoms with Gasteiger partial charge in [-0.2, -0.15) is 0 Å². The fourth-order valence-corrected chi connectivity index (χ4v) is 1.93. The van der Waals surface area contributed by atoms with Gasteiger partial charge in [0.2, 0.25) is 5.91 Å². The number of ether oxygens (including phenoxy) is 1. The molecule has 0 saturated carbocycles. The zero-order chi connectivity index (χ0) is 11.5. The fraction of sp³-hybridized carbons (Fsp3) is 0.800. The minimum atomic E-state index is -0.758. The molecule has 1 aliphatic rings. The van der Waals surface area contributed by atoms with Gasteiger partial charge in [0.25, 0.3) is 0 Å². The van der Waals surface area contributed by atoms with Gasteiger partial charge >= 0.3 is 6.09 Å². The van der Waals surface area contributed by atoms with Gasteiger partial charge in [-0.1, -0.05) is 0 Å². The van der Waals surface area contributed by atoms with Crippen molar-refractivity contribution in [1.29, 1.82) is 0 Å². The Morgan fingerprint density at radius 3 is 2.80 bits per heavy atom. The van der Waals surface area contributed by atoms with Crippen LogP contribution in [0.15, 0.2) is 0 Å². The van der Waals surface area contributed by atoms with Crippen molar-refractivity contribution < 1.29 is 14.3 Å². The second-order valence-electron chi connectivity index (χ2n) is 4.58. The number of amides is 2. The SMILES string of the molecule is CC1(C)C[C@H](CCCOC(N)=O)C(=O)N1. The zero-order valence-corrected chi connectivity index (χ0v) is 9.21. The van der Waals surface area contributed by atoms with Crippen LogP contribution in [0.25, 0.3) is 0 Å². The lowest BCUT2D eigenvalue weighted by atomic mass is 9.93. The van der Waals surface area contributed by atoms with E-state index in [0.29, 0.717) is 13.0 Å². The molecule has 0 aliphatic carbocycles. The Balaban J connectivity index is 2.22. The Bertz CT molecular complexity index is 263. The third-order valence-electron chi connectivity index (χ3n) is 2.53. The van der Waals surface area contributed by atoms with E-state index in [0.717, 1.165) is 12.8 Å². The maximum absolute atomic E-state index is 11.5. The zero-order valence-electron chi connectivity index (χ0n) is 9.21. The summed E-state index contributed by atoms with van der Waals surface area (Å²) < 4.78 is 4.60. The molecule has 0 aromatic heterocycles. The molecule has 86 valence electrons. The molecule has 0 aromatic carbocycles. The quantitative estimate of drug-likeness (QED) is 0.678. The third kappa shape index (κ3) is 3.77. The van der Waals surface area contributed by atoms with Gasteiger partial charge in [0.15, 0.2) is 0 Å². The summed E-state index contributed by atoms with van der Waals surface area (Å²) in [5.74, 6) is 0.135. The van der Waals surface area contributed by atoms with Gasteiger partial charge in [-0.25, -0.2) is 4.79 Å². The molecule has 5 heteroatoms. The normalized spacial score (nSPS) is 23.6. The summed E-state index contributed by atoms with van der Waals surface area (Å²) in [7, 11) is 0. The van der Waals surface area contributed by atoms with E-state index in [-0.39, 0.29) is 17.4 Å². The average Bonchev–Trinajstić information content (AvgIpc) is 2.33. The summed E-state index contributed by atoms with van der Waals surface area (Å²) in [6.45, 7) is 4.30. The van der Waals surface area contributed by atoms with Crippen LogP contribution in [0.1, 0.15) is 33.1 Å². The van der Waals surface area contributed by atoms with Crippen LogP contribution in [-0.4, -0.2) is 24.1 Å². The first kappa shape index (κ1) is 11.8. The van der Waals surface area contributed by atoms with Gasteiger partial charge < -0.3 is 15.8 Å². The van der Waals surface area contributed by atoms with Crippen LogP contribution in [0, 0.1) is 5.92 Å². The Hall–Kier alpha value is -1.26. The van der Waals surface area contributed by atoms with Crippen molar-refractivity contribution in [2.24, 2.45) is 11.7 Å². The summed E-state index contributed by atoms with van der Waals surface area (Å²) in [5.41, 5.74) is 4.71. The van der Waals surface area contributed by atoms with Crippen molar-refractivity contribution in [3.63, 3.8) is 0 Å². The largest absolute Gasteiger partial charge is 0.450 e. The average molecular weight is 214 g/mol. The van der Waals surface area contributed by atoms with Gasteiger partial charge in [0, 0.05) is 11.5 Å². The molecule has 0 radical (unpaired) electrons. The van der Waals surface area contributed by atoms with E-state index < -0.39 is 6.09 Å². The standard InChI is InChI=1S/C10H18N2O3/c1-10(2)6-7(8(13)12-10)4-3-5-15-9(11)14/h7H,3-6H2,1-2H3,(H2,11,14)(H,12,13)/t7-/m0/s1. The lowest BCUT2D eigenvalue weighted by Crippen LogP contribution is -2.34. The number of primary amides is 1. The van der Waals surface area contributed by atoms with E-state index in [1.807, 2.05) is 13.8 Å². The van der Waals surface area contributed by atoms with Gasteiger partial charge in [-0.15, -0.1) is 0 Å². The van der Waals surface area contributed by atoms with E-state index in [1.54, 1.807) is 0 Å². The van der Waals surface area contributed by atoms with E-state index in [2.05, 4.69) is 10.1 Å². The molecule has 1 rings (SSSR count). The van der Waals surface area contributed by atoms with E-state index >= 15 is 0 Å². The van der Waals surface area contributed by atoms with E-state index in [1.165, 1.54) is 0 Å². The van der Waals surface area contributed by atoms with E-state index in [9.17, 15) is 9.59 Å². The molecule has 0 unspecified atom stereocenters. The lowest BCUT2D eigenvalue weighted by molar-refractivity contribution is -0.123. The van der Waals surface area contributed by atoms with Crippen LogP contribution < -0.4 is 11.1 Å². The number of nitrogens with two attached hydrogens (primary N) is 1. The number of carbonyl (C=O) groups excluding carboxylic acids is 2. The molecule has 15 heavy (non-hydrogen) atoms. The smallest absolute Gasteiger partial charge is 0.404 e. The van der Waals surface area contributed by atoms with Gasteiger partial charge in [-0.3, -0.25) is 4.79 Å². The monoisotopic (exact) mass is 214 g/mol. The van der Waals surface area contributed by atoms with Gasteiger partial charge in [0.05, 0.1) is 6.61 Å². The lowest BCUT2D eigenvalue weighted by Gasteiger charge is -2.16.